The van der Waals surface area contributed by atoms with Gasteiger partial charge in [0.2, 0.25) is 0 Å². The van der Waals surface area contributed by atoms with Crippen molar-refractivity contribution in [2.45, 2.75) is 16.1 Å². The monoisotopic (exact) mass is 288 g/mol. The number of alkyl halides is 2. The lowest BCUT2D eigenvalue weighted by Gasteiger charge is -1.98. The molecule has 0 amide bonds. The summed E-state index contributed by atoms with van der Waals surface area (Å²) in [4.78, 5) is 0. The molecule has 0 saturated heterocycles. The van der Waals surface area contributed by atoms with Gasteiger partial charge in [-0.1, -0.05) is 69.1 Å². The summed E-state index contributed by atoms with van der Waals surface area (Å²) in [5.41, 5.74) is 1.42. The SMILES string of the molecule is CC1C(c2ccccc2)C1(Br)Br. The van der Waals surface area contributed by atoms with Crippen LogP contribution in [-0.2, 0) is 0 Å². The highest BCUT2D eigenvalue weighted by Gasteiger charge is 2.59. The fourth-order valence-electron chi connectivity index (χ4n) is 1.65. The lowest BCUT2D eigenvalue weighted by atomic mass is 10.1. The van der Waals surface area contributed by atoms with Gasteiger partial charge in [0.05, 0.1) is 3.23 Å². The van der Waals surface area contributed by atoms with Gasteiger partial charge in [-0.15, -0.1) is 0 Å². The second-order valence-corrected chi connectivity index (χ2v) is 7.04. The number of hydrogen-bond acceptors (Lipinski definition) is 0. The molecule has 1 saturated carbocycles. The van der Waals surface area contributed by atoms with Crippen LogP contribution in [0.2, 0.25) is 0 Å². The van der Waals surface area contributed by atoms with Crippen molar-refractivity contribution in [2.75, 3.05) is 0 Å². The number of benzene rings is 1. The Morgan fingerprint density at radius 1 is 1.17 bits per heavy atom. The molecule has 0 N–H and O–H groups in total. The van der Waals surface area contributed by atoms with Crippen molar-refractivity contribution in [3.63, 3.8) is 0 Å². The molecule has 1 aromatic rings. The predicted octanol–water partition coefficient (Wildman–Crippen LogP) is 3.91. The third-order valence-corrected chi connectivity index (χ3v) is 5.00. The maximum atomic E-state index is 3.67. The number of rotatable bonds is 1. The van der Waals surface area contributed by atoms with Crippen LogP contribution < -0.4 is 0 Å². The van der Waals surface area contributed by atoms with Crippen LogP contribution in [0.25, 0.3) is 0 Å². The Balaban J connectivity index is 2.25. The fraction of sp³-hybridized carbons (Fsp3) is 0.400. The van der Waals surface area contributed by atoms with Crippen molar-refractivity contribution < 1.29 is 0 Å². The quantitative estimate of drug-likeness (QED) is 0.688. The van der Waals surface area contributed by atoms with E-state index in [2.05, 4.69) is 69.1 Å². The van der Waals surface area contributed by atoms with E-state index in [-0.39, 0.29) is 3.23 Å². The second-order valence-electron chi connectivity index (χ2n) is 3.35. The Kier molecular flexibility index (Phi) is 2.08. The molecule has 1 aliphatic carbocycles. The third kappa shape index (κ3) is 1.25. The molecule has 0 spiro atoms. The fourth-order valence-corrected chi connectivity index (χ4v) is 3.24. The smallest absolute Gasteiger partial charge is 0.0717 e. The summed E-state index contributed by atoms with van der Waals surface area (Å²) in [6, 6.07) is 10.6. The Morgan fingerprint density at radius 3 is 2.08 bits per heavy atom. The Morgan fingerprint density at radius 2 is 1.67 bits per heavy atom. The standard InChI is InChI=1S/C10H10Br2/c1-7-9(10(7,11)12)8-5-3-2-4-6-8/h2-7,9H,1H3. The first kappa shape index (κ1) is 8.76. The molecule has 1 aliphatic rings. The molecule has 0 aliphatic heterocycles. The van der Waals surface area contributed by atoms with Crippen LogP contribution in [0, 0.1) is 5.92 Å². The topological polar surface area (TPSA) is 0 Å². The van der Waals surface area contributed by atoms with E-state index in [0.717, 1.165) is 0 Å². The molecular weight excluding hydrogens is 280 g/mol. The molecule has 0 nitrogen and oxygen atoms in total. The first-order valence-electron chi connectivity index (χ1n) is 4.07. The highest BCUT2D eigenvalue weighted by molar-refractivity contribution is 9.25. The van der Waals surface area contributed by atoms with Crippen molar-refractivity contribution in [1.29, 1.82) is 0 Å². The van der Waals surface area contributed by atoms with E-state index in [1.165, 1.54) is 5.56 Å². The molecule has 0 heterocycles. The van der Waals surface area contributed by atoms with E-state index in [1.807, 2.05) is 0 Å². The minimum atomic E-state index is 0.154. The van der Waals surface area contributed by atoms with Gasteiger partial charge in [0.25, 0.3) is 0 Å². The summed E-state index contributed by atoms with van der Waals surface area (Å²) >= 11 is 7.34. The maximum Gasteiger partial charge on any atom is 0.0908 e. The zero-order chi connectivity index (χ0) is 8.77. The highest BCUT2D eigenvalue weighted by Crippen LogP contribution is 2.66. The molecule has 1 fully saturated rings. The largest absolute Gasteiger partial charge is 0.0908 e. The van der Waals surface area contributed by atoms with E-state index < -0.39 is 0 Å². The minimum absolute atomic E-state index is 0.154. The van der Waals surface area contributed by atoms with Gasteiger partial charge in [0, 0.05) is 5.92 Å². The Bertz CT molecular complexity index is 279. The van der Waals surface area contributed by atoms with Crippen molar-refractivity contribution in [3.05, 3.63) is 35.9 Å². The van der Waals surface area contributed by atoms with E-state index in [9.17, 15) is 0 Å². The van der Waals surface area contributed by atoms with Gasteiger partial charge >= 0.3 is 0 Å². The van der Waals surface area contributed by atoms with Crippen LogP contribution in [0.5, 0.6) is 0 Å². The highest BCUT2D eigenvalue weighted by atomic mass is 79.9. The summed E-state index contributed by atoms with van der Waals surface area (Å²) in [6.45, 7) is 2.25. The normalized spacial score (nSPS) is 31.6. The van der Waals surface area contributed by atoms with Crippen molar-refractivity contribution >= 4 is 31.9 Å². The Labute approximate surface area is 89.6 Å². The van der Waals surface area contributed by atoms with Crippen LogP contribution in [-0.4, -0.2) is 3.23 Å². The van der Waals surface area contributed by atoms with Crippen LogP contribution in [0.4, 0.5) is 0 Å². The van der Waals surface area contributed by atoms with Crippen LogP contribution >= 0.6 is 31.9 Å². The molecule has 0 radical (unpaired) electrons. The van der Waals surface area contributed by atoms with Gasteiger partial charge in [-0.3, -0.25) is 0 Å². The molecule has 0 bridgehead atoms. The predicted molar refractivity (Wildman–Crippen MR) is 58.9 cm³/mol. The Hall–Kier alpha value is 0.180. The first-order valence-corrected chi connectivity index (χ1v) is 5.65. The summed E-state index contributed by atoms with van der Waals surface area (Å²) in [5.74, 6) is 1.30. The molecular formula is C10H10Br2. The minimum Gasteiger partial charge on any atom is -0.0717 e. The van der Waals surface area contributed by atoms with E-state index in [1.54, 1.807) is 0 Å². The van der Waals surface area contributed by atoms with Gasteiger partial charge in [-0.25, -0.2) is 0 Å². The average molecular weight is 290 g/mol. The van der Waals surface area contributed by atoms with E-state index in [4.69, 9.17) is 0 Å². The van der Waals surface area contributed by atoms with Crippen molar-refractivity contribution in [2.24, 2.45) is 5.92 Å². The molecule has 2 unspecified atom stereocenters. The van der Waals surface area contributed by atoms with E-state index >= 15 is 0 Å². The van der Waals surface area contributed by atoms with Crippen LogP contribution in [0.3, 0.4) is 0 Å². The molecule has 2 heteroatoms. The van der Waals surface area contributed by atoms with Gasteiger partial charge in [-0.2, -0.15) is 0 Å². The van der Waals surface area contributed by atoms with Gasteiger partial charge < -0.3 is 0 Å². The molecule has 1 aromatic carbocycles. The second kappa shape index (κ2) is 2.85. The van der Waals surface area contributed by atoms with Crippen LogP contribution in [0.15, 0.2) is 30.3 Å². The lowest BCUT2D eigenvalue weighted by Crippen LogP contribution is -1.87. The molecule has 0 aromatic heterocycles. The molecule has 2 atom stereocenters. The zero-order valence-electron chi connectivity index (χ0n) is 6.80. The van der Waals surface area contributed by atoms with Gasteiger partial charge in [0.15, 0.2) is 0 Å². The van der Waals surface area contributed by atoms with Gasteiger partial charge in [0.1, 0.15) is 0 Å². The number of halogens is 2. The molecule has 64 valence electrons. The summed E-state index contributed by atoms with van der Waals surface area (Å²) in [5, 5.41) is 0. The summed E-state index contributed by atoms with van der Waals surface area (Å²) < 4.78 is 0.154. The van der Waals surface area contributed by atoms with E-state index in [0.29, 0.717) is 11.8 Å². The zero-order valence-corrected chi connectivity index (χ0v) is 9.97. The van der Waals surface area contributed by atoms with Crippen molar-refractivity contribution in [3.8, 4) is 0 Å². The average Bonchev–Trinajstić information content (AvgIpc) is 2.53. The first-order chi connectivity index (χ1) is 5.64. The third-order valence-electron chi connectivity index (χ3n) is 2.57. The summed E-state index contributed by atoms with van der Waals surface area (Å²) in [7, 11) is 0. The lowest BCUT2D eigenvalue weighted by molar-refractivity contribution is 0.914. The van der Waals surface area contributed by atoms with Crippen molar-refractivity contribution in [1.82, 2.24) is 0 Å². The van der Waals surface area contributed by atoms with Crippen LogP contribution in [0.1, 0.15) is 18.4 Å². The molecule has 12 heavy (non-hydrogen) atoms. The number of hydrogen-bond donors (Lipinski definition) is 0. The summed E-state index contributed by atoms with van der Waals surface area (Å²) in [6.07, 6.45) is 0. The maximum absolute atomic E-state index is 3.67. The van der Waals surface area contributed by atoms with Gasteiger partial charge in [-0.05, 0) is 11.5 Å². The molecule has 2 rings (SSSR count).